The molecule has 190 valence electrons. The Hall–Kier alpha value is -2.99. The van der Waals surface area contributed by atoms with Gasteiger partial charge in [0, 0.05) is 38.5 Å². The summed E-state index contributed by atoms with van der Waals surface area (Å²) in [6.45, 7) is 6.72. The maximum absolute atomic E-state index is 14.4. The molecule has 36 heavy (non-hydrogen) atoms. The van der Waals surface area contributed by atoms with Crippen molar-refractivity contribution in [2.24, 2.45) is 5.41 Å². The molecule has 0 saturated carbocycles. The molecule has 7 nitrogen and oxygen atoms in total. The van der Waals surface area contributed by atoms with Gasteiger partial charge in [0.2, 0.25) is 5.91 Å². The first-order valence-electron chi connectivity index (χ1n) is 11.9. The Bertz CT molecular complexity index is 1220. The lowest BCUT2D eigenvalue weighted by atomic mass is 9.68. The zero-order chi connectivity index (χ0) is 26.1. The SMILES string of the molecule is CNC(=O)c1cc(Cl)c(F)cc1NC(=O)C1(c2ccccc2C(C)C)CN(CC2(CC#N)COC2)C1. The Morgan fingerprint density at radius 3 is 2.53 bits per heavy atom. The number of hydrogen-bond donors (Lipinski definition) is 2. The molecule has 2 N–H and O–H groups in total. The number of halogens is 2. The fraction of sp³-hybridized carbons (Fsp3) is 0.444. The second-order valence-corrected chi connectivity index (χ2v) is 10.5. The minimum Gasteiger partial charge on any atom is -0.380 e. The predicted octanol–water partition coefficient (Wildman–Crippen LogP) is 4.08. The van der Waals surface area contributed by atoms with E-state index in [9.17, 15) is 19.2 Å². The first kappa shape index (κ1) is 26.1. The molecule has 0 unspecified atom stereocenters. The molecule has 2 amide bonds. The number of nitrogens with zero attached hydrogens (tertiary/aromatic N) is 2. The number of carbonyl (C=O) groups excluding carboxylic acids is 2. The second-order valence-electron chi connectivity index (χ2n) is 10.1. The van der Waals surface area contributed by atoms with E-state index < -0.39 is 17.1 Å². The maximum Gasteiger partial charge on any atom is 0.253 e. The summed E-state index contributed by atoms with van der Waals surface area (Å²) in [6, 6.07) is 12.4. The molecule has 2 aliphatic rings. The fourth-order valence-electron chi connectivity index (χ4n) is 5.20. The van der Waals surface area contributed by atoms with E-state index in [-0.39, 0.29) is 33.5 Å². The van der Waals surface area contributed by atoms with Gasteiger partial charge in [-0.25, -0.2) is 4.39 Å². The average Bonchev–Trinajstić information content (AvgIpc) is 2.80. The monoisotopic (exact) mass is 512 g/mol. The highest BCUT2D eigenvalue weighted by atomic mass is 35.5. The van der Waals surface area contributed by atoms with Crippen molar-refractivity contribution in [1.29, 1.82) is 5.26 Å². The van der Waals surface area contributed by atoms with Gasteiger partial charge in [-0.2, -0.15) is 5.26 Å². The van der Waals surface area contributed by atoms with Gasteiger partial charge in [0.1, 0.15) is 5.82 Å². The maximum atomic E-state index is 14.4. The molecule has 0 aliphatic carbocycles. The topological polar surface area (TPSA) is 94.5 Å². The lowest BCUT2D eigenvalue weighted by Crippen LogP contribution is -2.68. The Morgan fingerprint density at radius 2 is 1.94 bits per heavy atom. The van der Waals surface area contributed by atoms with Crippen LogP contribution in [-0.2, 0) is 14.9 Å². The van der Waals surface area contributed by atoms with Crippen LogP contribution < -0.4 is 10.6 Å². The molecular weight excluding hydrogens is 483 g/mol. The molecule has 0 bridgehead atoms. The van der Waals surface area contributed by atoms with Crippen LogP contribution in [0.1, 0.15) is 47.7 Å². The van der Waals surface area contributed by atoms with Crippen LogP contribution in [0.2, 0.25) is 5.02 Å². The van der Waals surface area contributed by atoms with Gasteiger partial charge in [0.05, 0.1) is 41.0 Å². The van der Waals surface area contributed by atoms with Crippen molar-refractivity contribution in [3.8, 4) is 6.07 Å². The van der Waals surface area contributed by atoms with E-state index in [0.29, 0.717) is 39.3 Å². The number of hydrogen-bond acceptors (Lipinski definition) is 5. The highest BCUT2D eigenvalue weighted by Gasteiger charge is 2.54. The number of ether oxygens (including phenoxy) is 1. The second kappa shape index (κ2) is 10.2. The minimum atomic E-state index is -0.907. The summed E-state index contributed by atoms with van der Waals surface area (Å²) in [5.74, 6) is -1.35. The number of nitriles is 1. The predicted molar refractivity (Wildman–Crippen MR) is 136 cm³/mol. The normalized spacial score (nSPS) is 18.0. The number of carbonyl (C=O) groups is 2. The van der Waals surface area contributed by atoms with Crippen molar-refractivity contribution in [3.63, 3.8) is 0 Å². The van der Waals surface area contributed by atoms with Crippen molar-refractivity contribution in [1.82, 2.24) is 10.2 Å². The molecule has 0 aromatic heterocycles. The summed E-state index contributed by atoms with van der Waals surface area (Å²) in [7, 11) is 1.45. The number of benzene rings is 2. The Morgan fingerprint density at radius 1 is 1.25 bits per heavy atom. The van der Waals surface area contributed by atoms with Crippen molar-refractivity contribution in [2.75, 3.05) is 45.2 Å². The summed E-state index contributed by atoms with van der Waals surface area (Å²) in [5, 5.41) is 14.4. The van der Waals surface area contributed by atoms with Gasteiger partial charge in [-0.3, -0.25) is 14.5 Å². The molecule has 9 heteroatoms. The Labute approximate surface area is 215 Å². The number of anilines is 1. The van der Waals surface area contributed by atoms with Crippen molar-refractivity contribution in [3.05, 3.63) is 63.9 Å². The van der Waals surface area contributed by atoms with Crippen LogP contribution in [0.3, 0.4) is 0 Å². The molecule has 0 radical (unpaired) electrons. The van der Waals surface area contributed by atoms with Gasteiger partial charge in [0.15, 0.2) is 0 Å². The summed E-state index contributed by atoms with van der Waals surface area (Å²) in [5.41, 5.74) is 0.981. The molecule has 0 atom stereocenters. The van der Waals surface area contributed by atoms with E-state index in [0.717, 1.165) is 17.2 Å². The first-order chi connectivity index (χ1) is 17.1. The third-order valence-corrected chi connectivity index (χ3v) is 7.42. The van der Waals surface area contributed by atoms with E-state index >= 15 is 0 Å². The number of likely N-dealkylation sites (tertiary alicyclic amines) is 1. The molecule has 2 fully saturated rings. The molecule has 4 rings (SSSR count). The highest BCUT2D eigenvalue weighted by Crippen LogP contribution is 2.43. The van der Waals surface area contributed by atoms with Gasteiger partial charge < -0.3 is 15.4 Å². The zero-order valence-electron chi connectivity index (χ0n) is 20.7. The lowest BCUT2D eigenvalue weighted by Gasteiger charge is -2.54. The molecule has 0 spiro atoms. The van der Waals surface area contributed by atoms with E-state index in [1.807, 2.05) is 24.3 Å². The van der Waals surface area contributed by atoms with Gasteiger partial charge >= 0.3 is 0 Å². The van der Waals surface area contributed by atoms with Crippen molar-refractivity contribution in [2.45, 2.75) is 31.6 Å². The van der Waals surface area contributed by atoms with Crippen LogP contribution in [0, 0.1) is 22.6 Å². The van der Waals surface area contributed by atoms with Crippen LogP contribution in [0.25, 0.3) is 0 Å². The van der Waals surface area contributed by atoms with E-state index in [2.05, 4.69) is 35.5 Å². The van der Waals surface area contributed by atoms with Gasteiger partial charge in [0.25, 0.3) is 5.91 Å². The van der Waals surface area contributed by atoms with Gasteiger partial charge in [-0.15, -0.1) is 0 Å². The van der Waals surface area contributed by atoms with Crippen molar-refractivity contribution < 1.29 is 18.7 Å². The van der Waals surface area contributed by atoms with Gasteiger partial charge in [-0.1, -0.05) is 49.7 Å². The average molecular weight is 513 g/mol. The highest BCUT2D eigenvalue weighted by molar-refractivity contribution is 6.31. The summed E-state index contributed by atoms with van der Waals surface area (Å²) >= 11 is 5.92. The third-order valence-electron chi connectivity index (χ3n) is 7.13. The molecule has 2 aromatic rings. The number of rotatable bonds is 8. The van der Waals surface area contributed by atoms with E-state index in [4.69, 9.17) is 16.3 Å². The largest absolute Gasteiger partial charge is 0.380 e. The van der Waals surface area contributed by atoms with Crippen molar-refractivity contribution >= 4 is 29.1 Å². The Balaban J connectivity index is 1.69. The third kappa shape index (κ3) is 4.71. The summed E-state index contributed by atoms with van der Waals surface area (Å²) in [6.07, 6.45) is 0.394. The zero-order valence-corrected chi connectivity index (χ0v) is 21.4. The molecular formula is C27H30ClFN4O3. The number of amides is 2. The van der Waals surface area contributed by atoms with Crippen LogP contribution >= 0.6 is 11.6 Å². The standard InChI is InChI=1S/C27H30ClFN4O3/c1-17(2)18-6-4-5-7-20(18)27(13-33(14-27)12-26(8-9-30)15-36-16-26)25(35)32-23-11-22(29)21(28)10-19(23)24(34)31-3/h4-7,10-11,17H,8,12-16H2,1-3H3,(H,31,34)(H,32,35). The Kier molecular flexibility index (Phi) is 7.37. The summed E-state index contributed by atoms with van der Waals surface area (Å²) < 4.78 is 19.8. The molecule has 2 heterocycles. The van der Waals surface area contributed by atoms with Crippen LogP contribution in [0.15, 0.2) is 36.4 Å². The van der Waals surface area contributed by atoms with E-state index in [1.165, 1.54) is 13.1 Å². The van der Waals surface area contributed by atoms with Crippen LogP contribution in [0.5, 0.6) is 0 Å². The quantitative estimate of drug-likeness (QED) is 0.555. The minimum absolute atomic E-state index is 0.0643. The lowest BCUT2D eigenvalue weighted by molar-refractivity contribution is -0.146. The van der Waals surface area contributed by atoms with Crippen LogP contribution in [-0.4, -0.2) is 56.6 Å². The first-order valence-corrected chi connectivity index (χ1v) is 12.3. The van der Waals surface area contributed by atoms with E-state index in [1.54, 1.807) is 0 Å². The van der Waals surface area contributed by atoms with Crippen LogP contribution in [0.4, 0.5) is 10.1 Å². The molecule has 2 aromatic carbocycles. The van der Waals surface area contributed by atoms with Gasteiger partial charge in [-0.05, 0) is 29.2 Å². The molecule has 2 saturated heterocycles. The fourth-order valence-corrected chi connectivity index (χ4v) is 5.36. The molecule has 2 aliphatic heterocycles. The summed E-state index contributed by atoms with van der Waals surface area (Å²) in [4.78, 5) is 28.6. The smallest absolute Gasteiger partial charge is 0.253 e. The number of nitrogens with one attached hydrogen (secondary N) is 2.